The molecule has 5 nitrogen and oxygen atoms in total. The summed E-state index contributed by atoms with van der Waals surface area (Å²) in [6.45, 7) is -0.00589. The minimum absolute atomic E-state index is 0.0737. The van der Waals surface area contributed by atoms with Gasteiger partial charge in [-0.1, -0.05) is 13.3 Å². The molecule has 0 bridgehead atoms. The summed E-state index contributed by atoms with van der Waals surface area (Å²) in [5, 5.41) is 13.0. The number of alkyl halides is 3. The van der Waals surface area contributed by atoms with Crippen LogP contribution in [-0.2, 0) is 9.59 Å². The molecule has 0 aromatic carbocycles. The van der Waals surface area contributed by atoms with Crippen molar-refractivity contribution in [1.82, 2.24) is 10.6 Å². The third kappa shape index (κ3) is 8.80. The van der Waals surface area contributed by atoms with Crippen LogP contribution in [0.1, 0.15) is 19.8 Å². The number of amides is 1. The zero-order chi connectivity index (χ0) is 14.2. The van der Waals surface area contributed by atoms with Crippen LogP contribution >= 0.6 is 0 Å². The van der Waals surface area contributed by atoms with Crippen LogP contribution in [0.15, 0.2) is 0 Å². The van der Waals surface area contributed by atoms with E-state index in [2.05, 4.69) is 5.32 Å². The molecule has 18 heavy (non-hydrogen) atoms. The largest absolute Gasteiger partial charge is 0.481 e. The molecule has 0 fully saturated rings. The Kier molecular flexibility index (Phi) is 7.33. The smallest absolute Gasteiger partial charge is 0.401 e. The standard InChI is InChI=1S/C10H17F3N2O3/c1-2-3-7(9(17)18)4-15-8(16)5-14-6-10(11,12)13/h7,14H,2-6H2,1H3,(H,15,16)(H,17,18). The van der Waals surface area contributed by atoms with Crippen molar-refractivity contribution >= 4 is 11.9 Å². The van der Waals surface area contributed by atoms with Crippen molar-refractivity contribution in [3.8, 4) is 0 Å². The van der Waals surface area contributed by atoms with Crippen LogP contribution in [0.3, 0.4) is 0 Å². The van der Waals surface area contributed by atoms with Gasteiger partial charge < -0.3 is 15.7 Å². The minimum Gasteiger partial charge on any atom is -0.481 e. The van der Waals surface area contributed by atoms with Crippen LogP contribution in [0.5, 0.6) is 0 Å². The number of rotatable bonds is 8. The number of carbonyl (C=O) groups excluding carboxylic acids is 1. The molecule has 0 spiro atoms. The van der Waals surface area contributed by atoms with Crippen LogP contribution in [0.25, 0.3) is 0 Å². The summed E-state index contributed by atoms with van der Waals surface area (Å²) in [5.74, 6) is -2.39. The topological polar surface area (TPSA) is 78.4 Å². The van der Waals surface area contributed by atoms with Gasteiger partial charge in [-0.2, -0.15) is 13.2 Å². The highest BCUT2D eigenvalue weighted by atomic mass is 19.4. The molecule has 3 N–H and O–H groups in total. The number of nitrogens with one attached hydrogen (secondary N) is 2. The number of hydrogen-bond acceptors (Lipinski definition) is 3. The predicted molar refractivity (Wildman–Crippen MR) is 58.0 cm³/mol. The van der Waals surface area contributed by atoms with Gasteiger partial charge in [-0.05, 0) is 6.42 Å². The molecule has 1 unspecified atom stereocenters. The van der Waals surface area contributed by atoms with Gasteiger partial charge in [0, 0.05) is 6.54 Å². The van der Waals surface area contributed by atoms with E-state index in [0.717, 1.165) is 0 Å². The highest BCUT2D eigenvalue weighted by molar-refractivity contribution is 5.79. The fourth-order valence-corrected chi connectivity index (χ4v) is 1.28. The van der Waals surface area contributed by atoms with Gasteiger partial charge in [0.25, 0.3) is 0 Å². The zero-order valence-electron chi connectivity index (χ0n) is 10.0. The van der Waals surface area contributed by atoms with E-state index in [0.29, 0.717) is 12.8 Å². The van der Waals surface area contributed by atoms with Crippen molar-refractivity contribution in [2.45, 2.75) is 25.9 Å². The first-order valence-corrected chi connectivity index (χ1v) is 5.53. The van der Waals surface area contributed by atoms with E-state index in [4.69, 9.17) is 5.11 Å². The lowest BCUT2D eigenvalue weighted by atomic mass is 10.0. The van der Waals surface area contributed by atoms with E-state index >= 15 is 0 Å². The molecule has 0 aliphatic heterocycles. The molecule has 0 aliphatic rings. The van der Waals surface area contributed by atoms with Crippen LogP contribution < -0.4 is 10.6 Å². The summed E-state index contributed by atoms with van der Waals surface area (Å²) in [5.41, 5.74) is 0. The normalized spacial score (nSPS) is 13.1. The van der Waals surface area contributed by atoms with E-state index in [1.54, 1.807) is 0 Å². The Hall–Kier alpha value is -1.31. The Bertz CT molecular complexity index is 282. The molecule has 0 saturated heterocycles. The minimum atomic E-state index is -4.37. The van der Waals surface area contributed by atoms with Gasteiger partial charge >= 0.3 is 12.1 Å². The van der Waals surface area contributed by atoms with Gasteiger partial charge in [-0.3, -0.25) is 9.59 Å². The number of halogens is 3. The molecule has 0 heterocycles. The van der Waals surface area contributed by atoms with Crippen LogP contribution in [-0.4, -0.2) is 42.8 Å². The zero-order valence-corrected chi connectivity index (χ0v) is 10.0. The second kappa shape index (κ2) is 7.91. The van der Waals surface area contributed by atoms with Crippen LogP contribution in [0, 0.1) is 5.92 Å². The lowest BCUT2D eigenvalue weighted by Gasteiger charge is -2.13. The molecule has 1 amide bonds. The number of carboxylic acids is 1. The van der Waals surface area contributed by atoms with Gasteiger partial charge in [-0.25, -0.2) is 0 Å². The first kappa shape index (κ1) is 16.7. The Morgan fingerprint density at radius 1 is 1.33 bits per heavy atom. The number of carboxylic acid groups (broad SMARTS) is 1. The molecular weight excluding hydrogens is 253 g/mol. The second-order valence-electron chi connectivity index (χ2n) is 3.85. The molecule has 0 aromatic rings. The molecule has 1 atom stereocenters. The third-order valence-corrected chi connectivity index (χ3v) is 2.14. The average molecular weight is 270 g/mol. The summed E-state index contributed by atoms with van der Waals surface area (Å²) in [6, 6.07) is 0. The first-order valence-electron chi connectivity index (χ1n) is 5.53. The van der Waals surface area contributed by atoms with Gasteiger partial charge in [-0.15, -0.1) is 0 Å². The Balaban J connectivity index is 3.84. The summed E-state index contributed by atoms with van der Waals surface area (Å²) in [6.07, 6.45) is -3.31. The van der Waals surface area contributed by atoms with Gasteiger partial charge in [0.1, 0.15) is 0 Å². The summed E-state index contributed by atoms with van der Waals surface area (Å²) < 4.78 is 35.3. The Morgan fingerprint density at radius 2 is 1.94 bits per heavy atom. The van der Waals surface area contributed by atoms with Gasteiger partial charge in [0.15, 0.2) is 0 Å². The highest BCUT2D eigenvalue weighted by Crippen LogP contribution is 2.11. The molecule has 0 aromatic heterocycles. The predicted octanol–water partition coefficient (Wildman–Crippen LogP) is 0.755. The maximum atomic E-state index is 11.8. The summed E-state index contributed by atoms with van der Waals surface area (Å²) in [4.78, 5) is 21.9. The fraction of sp³-hybridized carbons (Fsp3) is 0.800. The van der Waals surface area contributed by atoms with Crippen molar-refractivity contribution < 1.29 is 27.9 Å². The molecule has 0 rings (SSSR count). The number of aliphatic carboxylic acids is 1. The van der Waals surface area contributed by atoms with E-state index in [9.17, 15) is 22.8 Å². The Labute approximate surface area is 103 Å². The van der Waals surface area contributed by atoms with Crippen molar-refractivity contribution in [2.24, 2.45) is 5.92 Å². The molecule has 0 radical (unpaired) electrons. The fourth-order valence-electron chi connectivity index (χ4n) is 1.28. The van der Waals surface area contributed by atoms with Crippen LogP contribution in [0.4, 0.5) is 13.2 Å². The monoisotopic (exact) mass is 270 g/mol. The van der Waals surface area contributed by atoms with Crippen molar-refractivity contribution in [3.05, 3.63) is 0 Å². The van der Waals surface area contributed by atoms with Crippen LogP contribution in [0.2, 0.25) is 0 Å². The van der Waals surface area contributed by atoms with Gasteiger partial charge in [0.05, 0.1) is 19.0 Å². The van der Waals surface area contributed by atoms with E-state index < -0.39 is 37.1 Å². The van der Waals surface area contributed by atoms with E-state index in [1.165, 1.54) is 0 Å². The van der Waals surface area contributed by atoms with Crippen molar-refractivity contribution in [1.29, 1.82) is 0 Å². The van der Waals surface area contributed by atoms with Crippen molar-refractivity contribution in [3.63, 3.8) is 0 Å². The molecule has 0 aliphatic carbocycles. The maximum absolute atomic E-state index is 11.8. The Morgan fingerprint density at radius 3 is 2.39 bits per heavy atom. The maximum Gasteiger partial charge on any atom is 0.401 e. The van der Waals surface area contributed by atoms with Gasteiger partial charge in [0.2, 0.25) is 5.91 Å². The quantitative estimate of drug-likeness (QED) is 0.608. The molecular formula is C10H17F3N2O3. The highest BCUT2D eigenvalue weighted by Gasteiger charge is 2.26. The molecule has 0 saturated carbocycles. The molecule has 106 valence electrons. The first-order chi connectivity index (χ1) is 8.26. The number of hydrogen-bond donors (Lipinski definition) is 3. The third-order valence-electron chi connectivity index (χ3n) is 2.14. The van der Waals surface area contributed by atoms with E-state index in [-0.39, 0.29) is 6.54 Å². The number of carbonyl (C=O) groups is 2. The summed E-state index contributed by atoms with van der Waals surface area (Å²) >= 11 is 0. The van der Waals surface area contributed by atoms with Crippen molar-refractivity contribution in [2.75, 3.05) is 19.6 Å². The SMILES string of the molecule is CCCC(CNC(=O)CNCC(F)(F)F)C(=O)O. The lowest BCUT2D eigenvalue weighted by Crippen LogP contribution is -2.40. The van der Waals surface area contributed by atoms with E-state index in [1.807, 2.05) is 12.2 Å². The average Bonchev–Trinajstić information content (AvgIpc) is 2.21. The second-order valence-corrected chi connectivity index (χ2v) is 3.85. The molecule has 8 heteroatoms. The lowest BCUT2D eigenvalue weighted by molar-refractivity contribution is -0.141. The summed E-state index contributed by atoms with van der Waals surface area (Å²) in [7, 11) is 0.